The van der Waals surface area contributed by atoms with Gasteiger partial charge in [-0.15, -0.1) is 0 Å². The van der Waals surface area contributed by atoms with E-state index in [1.54, 1.807) is 32.2 Å². The number of para-hydroxylation sites is 1. The predicted molar refractivity (Wildman–Crippen MR) is 121 cm³/mol. The molecule has 0 fully saturated rings. The van der Waals surface area contributed by atoms with E-state index in [4.69, 9.17) is 9.47 Å². The molecule has 1 heterocycles. The summed E-state index contributed by atoms with van der Waals surface area (Å²) in [5.74, 6) is 0.941. The van der Waals surface area contributed by atoms with Crippen molar-refractivity contribution in [3.05, 3.63) is 42.5 Å². The van der Waals surface area contributed by atoms with Crippen LogP contribution in [0.1, 0.15) is 13.8 Å². The first-order valence-electron chi connectivity index (χ1n) is 10.4. The van der Waals surface area contributed by atoms with Gasteiger partial charge in [-0.05, 0) is 44.8 Å². The van der Waals surface area contributed by atoms with Gasteiger partial charge in [0.1, 0.15) is 22.5 Å². The number of nitrogens with zero attached hydrogens (tertiary/aromatic N) is 2. The molecule has 1 aliphatic rings. The normalized spacial score (nSPS) is 22.2. The van der Waals surface area contributed by atoms with Gasteiger partial charge in [-0.3, -0.25) is 0 Å². The zero-order valence-electron chi connectivity index (χ0n) is 18.8. The Labute approximate surface area is 185 Å². The topological polar surface area (TPSA) is 79.3 Å². The Kier molecular flexibility index (Phi) is 7.26. The molecule has 1 aliphatic heterocycles. The molecule has 2 aromatic rings. The highest BCUT2D eigenvalue weighted by atomic mass is 32.2. The van der Waals surface area contributed by atoms with Gasteiger partial charge in [0.25, 0.3) is 0 Å². The lowest BCUT2D eigenvalue weighted by molar-refractivity contribution is 0.0813. The van der Waals surface area contributed by atoms with E-state index in [2.05, 4.69) is 0 Å². The van der Waals surface area contributed by atoms with Crippen LogP contribution in [0.4, 0.5) is 0 Å². The van der Waals surface area contributed by atoms with E-state index in [-0.39, 0.29) is 30.1 Å². The molecule has 1 N–H and O–H groups in total. The molecule has 0 aliphatic carbocycles. The summed E-state index contributed by atoms with van der Waals surface area (Å²) in [5.41, 5.74) is 1.67. The Bertz CT molecular complexity index is 1010. The molecule has 8 heteroatoms. The maximum absolute atomic E-state index is 13.5. The van der Waals surface area contributed by atoms with Crippen LogP contribution in [-0.2, 0) is 10.0 Å². The second-order valence-electron chi connectivity index (χ2n) is 8.36. The van der Waals surface area contributed by atoms with Gasteiger partial charge in [-0.1, -0.05) is 31.2 Å². The van der Waals surface area contributed by atoms with Crippen molar-refractivity contribution in [2.75, 3.05) is 40.9 Å². The lowest BCUT2D eigenvalue weighted by Crippen LogP contribution is -2.49. The van der Waals surface area contributed by atoms with E-state index < -0.39 is 16.1 Å². The summed E-state index contributed by atoms with van der Waals surface area (Å²) in [5, 5.41) is 9.72. The van der Waals surface area contributed by atoms with Gasteiger partial charge < -0.3 is 19.5 Å². The highest BCUT2D eigenvalue weighted by Gasteiger charge is 2.38. The Morgan fingerprint density at radius 1 is 1.26 bits per heavy atom. The van der Waals surface area contributed by atoms with Gasteiger partial charge >= 0.3 is 0 Å². The molecule has 170 valence electrons. The average Bonchev–Trinajstić information content (AvgIpc) is 2.75. The van der Waals surface area contributed by atoms with Crippen LogP contribution < -0.4 is 9.47 Å². The maximum Gasteiger partial charge on any atom is 0.247 e. The van der Waals surface area contributed by atoms with Crippen LogP contribution in [-0.4, -0.2) is 75.8 Å². The largest absolute Gasteiger partial charge is 0.496 e. The Balaban J connectivity index is 2.18. The van der Waals surface area contributed by atoms with Gasteiger partial charge in [-0.25, -0.2) is 8.42 Å². The number of aliphatic hydroxyl groups is 1. The summed E-state index contributed by atoms with van der Waals surface area (Å²) in [4.78, 5) is 2.14. The third kappa shape index (κ3) is 4.87. The van der Waals surface area contributed by atoms with E-state index in [9.17, 15) is 13.5 Å². The molecular weight excluding hydrogens is 416 g/mol. The zero-order valence-corrected chi connectivity index (χ0v) is 19.6. The van der Waals surface area contributed by atoms with E-state index in [1.165, 1.54) is 4.31 Å². The second-order valence-corrected chi connectivity index (χ2v) is 10.2. The van der Waals surface area contributed by atoms with E-state index in [1.807, 2.05) is 50.2 Å². The third-order valence-electron chi connectivity index (χ3n) is 5.63. The first-order valence-corrected chi connectivity index (χ1v) is 11.8. The minimum absolute atomic E-state index is 0.0748. The number of methoxy groups -OCH3 is 1. The standard InChI is InChI=1S/C23H32N2O5S/c1-16-13-25(17(2)15-26)31(27,28)23-11-10-18(19-8-6-7-9-20(19)29-5)12-21(23)30-22(16)14-24(3)4/h6-12,16-17,22,26H,13-15H2,1-5H3/t16-,17-,22+/m1/s1. The number of rotatable bonds is 6. The van der Waals surface area contributed by atoms with E-state index >= 15 is 0 Å². The van der Waals surface area contributed by atoms with E-state index in [0.717, 1.165) is 11.1 Å². The summed E-state index contributed by atoms with van der Waals surface area (Å²) in [6.07, 6.45) is -0.217. The minimum atomic E-state index is -3.85. The second kappa shape index (κ2) is 9.56. The number of fused-ring (bicyclic) bond motifs is 1. The molecule has 0 unspecified atom stereocenters. The molecule has 0 saturated carbocycles. The Morgan fingerprint density at radius 3 is 2.61 bits per heavy atom. The van der Waals surface area contributed by atoms with Crippen molar-refractivity contribution in [1.82, 2.24) is 9.21 Å². The lowest BCUT2D eigenvalue weighted by atomic mass is 10.0. The molecule has 0 radical (unpaired) electrons. The van der Waals surface area contributed by atoms with Crippen LogP contribution in [0.3, 0.4) is 0 Å². The fourth-order valence-electron chi connectivity index (χ4n) is 3.85. The number of likely N-dealkylation sites (N-methyl/N-ethyl adjacent to an activating group) is 1. The monoisotopic (exact) mass is 448 g/mol. The van der Waals surface area contributed by atoms with Gasteiger partial charge in [0.15, 0.2) is 0 Å². The lowest BCUT2D eigenvalue weighted by Gasteiger charge is -2.37. The molecule has 3 rings (SSSR count). The van der Waals surface area contributed by atoms with Crippen LogP contribution in [0.25, 0.3) is 11.1 Å². The Hall–Kier alpha value is -2.13. The SMILES string of the molecule is COc1ccccc1-c1ccc2c(c1)O[C@@H](CN(C)C)[C@H](C)CN([C@H](C)CO)S2(=O)=O. The molecule has 2 aromatic carbocycles. The van der Waals surface area contributed by atoms with Crippen LogP contribution >= 0.6 is 0 Å². The molecule has 0 saturated heterocycles. The van der Waals surface area contributed by atoms with Crippen LogP contribution in [0.5, 0.6) is 11.5 Å². The van der Waals surface area contributed by atoms with Crippen LogP contribution in [0.2, 0.25) is 0 Å². The fourth-order valence-corrected chi connectivity index (χ4v) is 5.68. The number of aliphatic hydroxyl groups excluding tert-OH is 1. The summed E-state index contributed by atoms with van der Waals surface area (Å²) >= 11 is 0. The molecule has 3 atom stereocenters. The number of ether oxygens (including phenoxy) is 2. The first kappa shape index (κ1) is 23.5. The van der Waals surface area contributed by atoms with E-state index in [0.29, 0.717) is 18.0 Å². The summed E-state index contributed by atoms with van der Waals surface area (Å²) < 4.78 is 40.3. The van der Waals surface area contributed by atoms with Crippen molar-refractivity contribution < 1.29 is 23.0 Å². The highest BCUT2D eigenvalue weighted by Crippen LogP contribution is 2.38. The Morgan fingerprint density at radius 2 is 1.97 bits per heavy atom. The van der Waals surface area contributed by atoms with Crippen molar-refractivity contribution in [1.29, 1.82) is 0 Å². The molecule has 0 amide bonds. The smallest absolute Gasteiger partial charge is 0.247 e. The summed E-state index contributed by atoms with van der Waals surface area (Å²) in [6, 6.07) is 12.2. The molecule has 7 nitrogen and oxygen atoms in total. The third-order valence-corrected chi connectivity index (χ3v) is 7.65. The van der Waals surface area contributed by atoms with Crippen molar-refractivity contribution in [3.8, 4) is 22.6 Å². The maximum atomic E-state index is 13.5. The first-order chi connectivity index (χ1) is 14.7. The van der Waals surface area contributed by atoms with Gasteiger partial charge in [-0.2, -0.15) is 4.31 Å². The minimum Gasteiger partial charge on any atom is -0.496 e. The number of hydrogen-bond acceptors (Lipinski definition) is 6. The molecule has 0 bridgehead atoms. The molecule has 0 aromatic heterocycles. The molecule has 31 heavy (non-hydrogen) atoms. The fraction of sp³-hybridized carbons (Fsp3) is 0.478. The molecular formula is C23H32N2O5S. The molecule has 0 spiro atoms. The number of benzene rings is 2. The van der Waals surface area contributed by atoms with Gasteiger partial charge in [0.2, 0.25) is 10.0 Å². The number of hydrogen-bond donors (Lipinski definition) is 1. The van der Waals surface area contributed by atoms with Crippen molar-refractivity contribution in [2.45, 2.75) is 30.9 Å². The van der Waals surface area contributed by atoms with Crippen LogP contribution in [0.15, 0.2) is 47.4 Å². The van der Waals surface area contributed by atoms with Crippen molar-refractivity contribution in [3.63, 3.8) is 0 Å². The van der Waals surface area contributed by atoms with Crippen LogP contribution in [0, 0.1) is 5.92 Å². The van der Waals surface area contributed by atoms with Crippen molar-refractivity contribution >= 4 is 10.0 Å². The zero-order chi connectivity index (χ0) is 22.8. The summed E-state index contributed by atoms with van der Waals surface area (Å²) in [6.45, 7) is 4.36. The highest BCUT2D eigenvalue weighted by molar-refractivity contribution is 7.89. The van der Waals surface area contributed by atoms with Gasteiger partial charge in [0, 0.05) is 30.6 Å². The quantitative estimate of drug-likeness (QED) is 0.732. The number of sulfonamides is 1. The van der Waals surface area contributed by atoms with Gasteiger partial charge in [0.05, 0.1) is 13.7 Å². The average molecular weight is 449 g/mol. The summed E-state index contributed by atoms with van der Waals surface area (Å²) in [7, 11) is 1.69. The predicted octanol–water partition coefficient (Wildman–Crippen LogP) is 2.69. The van der Waals surface area contributed by atoms with Crippen molar-refractivity contribution in [2.24, 2.45) is 5.92 Å².